The van der Waals surface area contributed by atoms with E-state index in [0.29, 0.717) is 13.2 Å². The number of hydrogen-bond donors (Lipinski definition) is 3. The molecule has 0 aliphatic carbocycles. The summed E-state index contributed by atoms with van der Waals surface area (Å²) < 4.78 is 5.42. The molecule has 1 aliphatic heterocycles. The van der Waals surface area contributed by atoms with Crippen LogP contribution in [0, 0.1) is 0 Å². The number of aromatic nitrogens is 2. The topological polar surface area (TPSA) is 79.0 Å². The molecule has 1 aromatic heterocycles. The average molecular weight is 272 g/mol. The Labute approximate surface area is 116 Å². The number of nitrogens with zero attached hydrogens (tertiary/aromatic N) is 1. The molecular formula is C14H16N4O2. The lowest BCUT2D eigenvalue weighted by Crippen LogP contribution is -2.45. The number of ether oxygens (including phenoxy) is 1. The van der Waals surface area contributed by atoms with Crippen LogP contribution in [0.25, 0.3) is 11.3 Å². The van der Waals surface area contributed by atoms with Crippen molar-refractivity contribution in [3.63, 3.8) is 0 Å². The Kier molecular flexibility index (Phi) is 3.76. The first-order valence-electron chi connectivity index (χ1n) is 6.56. The zero-order valence-electron chi connectivity index (χ0n) is 10.9. The molecular weight excluding hydrogens is 256 g/mol. The second-order valence-corrected chi connectivity index (χ2v) is 4.60. The monoisotopic (exact) mass is 272 g/mol. The van der Waals surface area contributed by atoms with Gasteiger partial charge < -0.3 is 15.4 Å². The van der Waals surface area contributed by atoms with E-state index in [1.54, 1.807) is 6.20 Å². The highest BCUT2D eigenvalue weighted by Crippen LogP contribution is 2.20. The number of amides is 1. The van der Waals surface area contributed by atoms with Crippen molar-refractivity contribution in [1.29, 1.82) is 0 Å². The van der Waals surface area contributed by atoms with E-state index in [-0.39, 0.29) is 5.91 Å². The minimum Gasteiger partial charge on any atom is -0.366 e. The molecule has 1 aromatic carbocycles. The summed E-state index contributed by atoms with van der Waals surface area (Å²) >= 11 is 0. The largest absolute Gasteiger partial charge is 0.366 e. The first-order chi connectivity index (χ1) is 9.83. The van der Waals surface area contributed by atoms with Crippen molar-refractivity contribution in [2.24, 2.45) is 0 Å². The van der Waals surface area contributed by atoms with Gasteiger partial charge in [0.05, 0.1) is 12.3 Å². The summed E-state index contributed by atoms with van der Waals surface area (Å²) in [5.41, 5.74) is 2.64. The smallest absolute Gasteiger partial charge is 0.254 e. The predicted molar refractivity (Wildman–Crippen MR) is 75.3 cm³/mol. The van der Waals surface area contributed by atoms with Crippen LogP contribution in [0.4, 0.5) is 5.69 Å². The minimum atomic E-state index is -0.431. The maximum absolute atomic E-state index is 12.1. The summed E-state index contributed by atoms with van der Waals surface area (Å²) in [5.74, 6) is -0.126. The van der Waals surface area contributed by atoms with Crippen LogP contribution in [0.5, 0.6) is 0 Å². The Morgan fingerprint density at radius 1 is 1.40 bits per heavy atom. The second-order valence-electron chi connectivity index (χ2n) is 4.60. The van der Waals surface area contributed by atoms with E-state index in [2.05, 4.69) is 20.8 Å². The van der Waals surface area contributed by atoms with Gasteiger partial charge in [0, 0.05) is 30.5 Å². The van der Waals surface area contributed by atoms with Crippen LogP contribution in [-0.2, 0) is 9.53 Å². The molecule has 1 amide bonds. The number of hydrogen-bond acceptors (Lipinski definition) is 4. The van der Waals surface area contributed by atoms with Crippen LogP contribution in [0.3, 0.4) is 0 Å². The Morgan fingerprint density at radius 3 is 3.10 bits per heavy atom. The minimum absolute atomic E-state index is 0.126. The highest BCUT2D eigenvalue weighted by molar-refractivity contribution is 5.95. The molecule has 0 spiro atoms. The van der Waals surface area contributed by atoms with Gasteiger partial charge in [-0.2, -0.15) is 5.10 Å². The number of nitrogens with one attached hydrogen (secondary N) is 3. The molecule has 104 valence electrons. The average Bonchev–Trinajstić information content (AvgIpc) is 3.03. The Balaban J connectivity index is 1.71. The highest BCUT2D eigenvalue weighted by atomic mass is 16.5. The number of rotatable bonds is 3. The fourth-order valence-electron chi connectivity index (χ4n) is 2.14. The molecule has 3 rings (SSSR count). The van der Waals surface area contributed by atoms with E-state index < -0.39 is 6.10 Å². The van der Waals surface area contributed by atoms with Crippen LogP contribution in [0.2, 0.25) is 0 Å². The summed E-state index contributed by atoms with van der Waals surface area (Å²) in [6.45, 7) is 1.90. The summed E-state index contributed by atoms with van der Waals surface area (Å²) in [6, 6.07) is 9.50. The maximum Gasteiger partial charge on any atom is 0.254 e. The van der Waals surface area contributed by atoms with Gasteiger partial charge in [-0.25, -0.2) is 0 Å². The maximum atomic E-state index is 12.1. The molecule has 1 unspecified atom stereocenters. The first-order valence-corrected chi connectivity index (χ1v) is 6.56. The van der Waals surface area contributed by atoms with Crippen molar-refractivity contribution in [2.45, 2.75) is 6.10 Å². The predicted octanol–water partition coefficient (Wildman–Crippen LogP) is 1.00. The van der Waals surface area contributed by atoms with Crippen molar-refractivity contribution >= 4 is 11.6 Å². The molecule has 1 aliphatic rings. The van der Waals surface area contributed by atoms with Gasteiger partial charge in [-0.05, 0) is 18.2 Å². The van der Waals surface area contributed by atoms with E-state index >= 15 is 0 Å². The third-order valence-corrected chi connectivity index (χ3v) is 3.16. The van der Waals surface area contributed by atoms with E-state index in [4.69, 9.17) is 4.74 Å². The number of carbonyl (C=O) groups excluding carboxylic acids is 1. The lowest BCUT2D eigenvalue weighted by atomic mass is 10.1. The highest BCUT2D eigenvalue weighted by Gasteiger charge is 2.21. The lowest BCUT2D eigenvalue weighted by Gasteiger charge is -2.22. The molecule has 3 N–H and O–H groups in total. The standard InChI is InChI=1S/C14H16N4O2/c19-14(13-9-15-6-7-20-13)17-11-3-1-2-10(8-11)12-4-5-16-18-12/h1-5,8,13,15H,6-7,9H2,(H,16,18)(H,17,19). The number of morpholine rings is 1. The lowest BCUT2D eigenvalue weighted by molar-refractivity contribution is -0.128. The zero-order valence-corrected chi connectivity index (χ0v) is 10.9. The Bertz CT molecular complexity index is 577. The van der Waals surface area contributed by atoms with E-state index in [1.165, 1.54) is 0 Å². The first kappa shape index (κ1) is 12.8. The fraction of sp³-hybridized carbons (Fsp3) is 0.286. The molecule has 6 nitrogen and oxygen atoms in total. The Hall–Kier alpha value is -2.18. The van der Waals surface area contributed by atoms with Crippen LogP contribution in [0.15, 0.2) is 36.5 Å². The van der Waals surface area contributed by atoms with Gasteiger partial charge in [-0.15, -0.1) is 0 Å². The molecule has 0 radical (unpaired) electrons. The van der Waals surface area contributed by atoms with Gasteiger partial charge in [-0.3, -0.25) is 9.89 Å². The molecule has 0 bridgehead atoms. The number of anilines is 1. The van der Waals surface area contributed by atoms with E-state index in [1.807, 2.05) is 30.3 Å². The Morgan fingerprint density at radius 2 is 2.35 bits per heavy atom. The molecule has 2 heterocycles. The summed E-state index contributed by atoms with van der Waals surface area (Å²) in [7, 11) is 0. The van der Waals surface area contributed by atoms with Crippen molar-refractivity contribution < 1.29 is 9.53 Å². The van der Waals surface area contributed by atoms with Crippen molar-refractivity contribution in [3.8, 4) is 11.3 Å². The van der Waals surface area contributed by atoms with Crippen molar-refractivity contribution in [1.82, 2.24) is 15.5 Å². The number of carbonyl (C=O) groups is 1. The van der Waals surface area contributed by atoms with Crippen molar-refractivity contribution in [2.75, 3.05) is 25.0 Å². The normalized spacial score (nSPS) is 18.7. The van der Waals surface area contributed by atoms with E-state index in [9.17, 15) is 4.79 Å². The summed E-state index contributed by atoms with van der Waals surface area (Å²) in [6.07, 6.45) is 1.27. The van der Waals surface area contributed by atoms with Crippen LogP contribution in [-0.4, -0.2) is 41.9 Å². The van der Waals surface area contributed by atoms with Gasteiger partial charge in [-0.1, -0.05) is 12.1 Å². The molecule has 1 atom stereocenters. The molecule has 1 fully saturated rings. The van der Waals surface area contributed by atoms with Crippen LogP contribution >= 0.6 is 0 Å². The second kappa shape index (κ2) is 5.85. The van der Waals surface area contributed by atoms with Gasteiger partial charge in [0.2, 0.25) is 0 Å². The molecule has 6 heteroatoms. The van der Waals surface area contributed by atoms with Gasteiger partial charge in [0.15, 0.2) is 0 Å². The van der Waals surface area contributed by atoms with Crippen molar-refractivity contribution in [3.05, 3.63) is 36.5 Å². The van der Waals surface area contributed by atoms with Crippen LogP contribution < -0.4 is 10.6 Å². The van der Waals surface area contributed by atoms with Gasteiger partial charge in [0.1, 0.15) is 6.10 Å². The zero-order chi connectivity index (χ0) is 13.8. The molecule has 20 heavy (non-hydrogen) atoms. The number of benzene rings is 1. The summed E-state index contributed by atoms with van der Waals surface area (Å²) in [4.78, 5) is 12.1. The fourth-order valence-corrected chi connectivity index (χ4v) is 2.14. The van der Waals surface area contributed by atoms with E-state index in [0.717, 1.165) is 23.5 Å². The SMILES string of the molecule is O=C(Nc1cccc(-c2ccn[nH]2)c1)C1CNCCO1. The van der Waals surface area contributed by atoms with Crippen LogP contribution in [0.1, 0.15) is 0 Å². The molecule has 1 saturated heterocycles. The molecule has 2 aromatic rings. The van der Waals surface area contributed by atoms with Gasteiger partial charge in [0.25, 0.3) is 5.91 Å². The third-order valence-electron chi connectivity index (χ3n) is 3.16. The number of aromatic amines is 1. The third kappa shape index (κ3) is 2.87. The summed E-state index contributed by atoms with van der Waals surface area (Å²) in [5, 5.41) is 12.8. The molecule has 0 saturated carbocycles. The quantitative estimate of drug-likeness (QED) is 0.779. The number of H-pyrrole nitrogens is 1. The van der Waals surface area contributed by atoms with Gasteiger partial charge >= 0.3 is 0 Å².